The van der Waals surface area contributed by atoms with E-state index in [1.54, 1.807) is 18.3 Å². The van der Waals surface area contributed by atoms with E-state index in [0.29, 0.717) is 22.0 Å². The van der Waals surface area contributed by atoms with Crippen molar-refractivity contribution in [1.29, 1.82) is 5.26 Å². The van der Waals surface area contributed by atoms with Crippen molar-refractivity contribution in [3.63, 3.8) is 0 Å². The van der Waals surface area contributed by atoms with Crippen LogP contribution in [0, 0.1) is 18.3 Å². The maximum absolute atomic E-state index is 8.78. The zero-order chi connectivity index (χ0) is 13.0. The molecule has 0 aliphatic carbocycles. The first-order valence-electron chi connectivity index (χ1n) is 5.43. The summed E-state index contributed by atoms with van der Waals surface area (Å²) in [6, 6.07) is 11.0. The monoisotopic (exact) mass is 258 g/mol. The maximum Gasteiger partial charge on any atom is 0.138 e. The van der Waals surface area contributed by atoms with E-state index in [4.69, 9.17) is 21.6 Å². The predicted molar refractivity (Wildman–Crippen MR) is 69.5 cm³/mol. The van der Waals surface area contributed by atoms with Crippen molar-refractivity contribution < 1.29 is 4.74 Å². The van der Waals surface area contributed by atoms with Crippen LogP contribution in [0.5, 0.6) is 5.75 Å². The van der Waals surface area contributed by atoms with Gasteiger partial charge in [-0.25, -0.2) is 0 Å². The Bertz CT molecular complexity index is 605. The molecule has 0 radical (unpaired) electrons. The van der Waals surface area contributed by atoms with Gasteiger partial charge in [-0.15, -0.1) is 0 Å². The normalized spacial score (nSPS) is 9.83. The Labute approximate surface area is 111 Å². The van der Waals surface area contributed by atoms with E-state index in [2.05, 4.69) is 11.1 Å². The van der Waals surface area contributed by atoms with Crippen LogP contribution in [0.15, 0.2) is 36.5 Å². The highest BCUT2D eigenvalue weighted by Gasteiger charge is 2.03. The molecule has 0 bridgehead atoms. The van der Waals surface area contributed by atoms with Crippen LogP contribution in [-0.2, 0) is 6.61 Å². The lowest BCUT2D eigenvalue weighted by atomic mass is 10.2. The Morgan fingerprint density at radius 3 is 2.89 bits per heavy atom. The van der Waals surface area contributed by atoms with E-state index in [0.717, 1.165) is 5.56 Å². The number of ether oxygens (including phenoxy) is 1. The summed E-state index contributed by atoms with van der Waals surface area (Å²) in [5.74, 6) is 0.617. The molecule has 4 heteroatoms. The number of hydrogen-bond acceptors (Lipinski definition) is 3. The van der Waals surface area contributed by atoms with Crippen LogP contribution < -0.4 is 4.74 Å². The largest absolute Gasteiger partial charge is 0.486 e. The summed E-state index contributed by atoms with van der Waals surface area (Å²) >= 11 is 6.06. The van der Waals surface area contributed by atoms with Crippen molar-refractivity contribution in [3.05, 3.63) is 58.4 Å². The summed E-state index contributed by atoms with van der Waals surface area (Å²) in [5.41, 5.74) is 2.35. The molecule has 0 saturated heterocycles. The number of aryl methyl sites for hydroxylation is 1. The molecule has 1 aromatic heterocycles. The number of benzene rings is 1. The molecular weight excluding hydrogens is 248 g/mol. The van der Waals surface area contributed by atoms with Crippen molar-refractivity contribution in [3.8, 4) is 11.8 Å². The summed E-state index contributed by atoms with van der Waals surface area (Å²) in [4.78, 5) is 4.13. The summed E-state index contributed by atoms with van der Waals surface area (Å²) in [6.07, 6.45) is 1.59. The minimum atomic E-state index is 0.290. The molecule has 0 aliphatic heterocycles. The summed E-state index contributed by atoms with van der Waals surface area (Å²) in [5, 5.41) is 9.36. The van der Waals surface area contributed by atoms with Crippen LogP contribution in [0.1, 0.15) is 16.8 Å². The smallest absolute Gasteiger partial charge is 0.138 e. The van der Waals surface area contributed by atoms with Gasteiger partial charge in [-0.3, -0.25) is 4.98 Å². The first-order valence-corrected chi connectivity index (χ1v) is 5.81. The average Bonchev–Trinajstić information content (AvgIpc) is 2.38. The van der Waals surface area contributed by atoms with E-state index in [-0.39, 0.29) is 6.61 Å². The van der Waals surface area contributed by atoms with Gasteiger partial charge in [0.1, 0.15) is 12.4 Å². The highest BCUT2D eigenvalue weighted by Crippen LogP contribution is 2.25. The zero-order valence-electron chi connectivity index (χ0n) is 9.85. The Morgan fingerprint density at radius 1 is 1.33 bits per heavy atom. The quantitative estimate of drug-likeness (QED) is 0.847. The van der Waals surface area contributed by atoms with Crippen LogP contribution in [0.3, 0.4) is 0 Å². The first kappa shape index (κ1) is 12.4. The van der Waals surface area contributed by atoms with Crippen LogP contribution >= 0.6 is 11.6 Å². The maximum atomic E-state index is 8.78. The van der Waals surface area contributed by atoms with E-state index in [1.807, 2.05) is 25.1 Å². The second-order valence-corrected chi connectivity index (χ2v) is 4.28. The fraction of sp³-hybridized carbons (Fsp3) is 0.143. The fourth-order valence-corrected chi connectivity index (χ4v) is 1.79. The molecule has 2 rings (SSSR count). The van der Waals surface area contributed by atoms with Gasteiger partial charge in [0.05, 0.1) is 22.3 Å². The third-order valence-electron chi connectivity index (χ3n) is 2.41. The Kier molecular flexibility index (Phi) is 3.81. The Hall–Kier alpha value is -2.05. The van der Waals surface area contributed by atoms with Crippen LogP contribution in [0.4, 0.5) is 0 Å². The lowest BCUT2D eigenvalue weighted by Gasteiger charge is -2.08. The summed E-state index contributed by atoms with van der Waals surface area (Å²) in [6.45, 7) is 2.26. The summed E-state index contributed by atoms with van der Waals surface area (Å²) < 4.78 is 5.57. The lowest BCUT2D eigenvalue weighted by molar-refractivity contribution is 0.301. The van der Waals surface area contributed by atoms with Gasteiger partial charge >= 0.3 is 0 Å². The van der Waals surface area contributed by atoms with Gasteiger partial charge in [-0.1, -0.05) is 17.7 Å². The molecule has 0 saturated carbocycles. The molecule has 0 atom stereocenters. The van der Waals surface area contributed by atoms with Crippen molar-refractivity contribution in [2.24, 2.45) is 0 Å². The first-order chi connectivity index (χ1) is 8.69. The molecule has 3 nitrogen and oxygen atoms in total. The minimum Gasteiger partial charge on any atom is -0.486 e. The molecule has 0 unspecified atom stereocenters. The van der Waals surface area contributed by atoms with Crippen molar-refractivity contribution in [2.45, 2.75) is 13.5 Å². The van der Waals surface area contributed by atoms with Crippen LogP contribution in [0.2, 0.25) is 5.02 Å². The third-order valence-corrected chi connectivity index (χ3v) is 2.70. The average molecular weight is 259 g/mol. The van der Waals surface area contributed by atoms with Crippen LogP contribution in [-0.4, -0.2) is 4.98 Å². The van der Waals surface area contributed by atoms with Crippen molar-refractivity contribution >= 4 is 11.6 Å². The number of nitrogens with zero attached hydrogens (tertiary/aromatic N) is 2. The number of pyridine rings is 1. The molecule has 2 aromatic rings. The Morgan fingerprint density at radius 2 is 2.17 bits per heavy atom. The van der Waals surface area contributed by atoms with Crippen LogP contribution in [0.25, 0.3) is 0 Å². The minimum absolute atomic E-state index is 0.290. The van der Waals surface area contributed by atoms with E-state index in [9.17, 15) is 0 Å². The molecule has 18 heavy (non-hydrogen) atoms. The van der Waals surface area contributed by atoms with Gasteiger partial charge in [0.15, 0.2) is 0 Å². The second-order valence-electron chi connectivity index (χ2n) is 3.87. The number of halogens is 1. The van der Waals surface area contributed by atoms with Gasteiger partial charge < -0.3 is 4.74 Å². The van der Waals surface area contributed by atoms with Crippen molar-refractivity contribution in [2.75, 3.05) is 0 Å². The number of nitriles is 1. The topological polar surface area (TPSA) is 45.9 Å². The zero-order valence-corrected chi connectivity index (χ0v) is 10.6. The molecule has 0 fully saturated rings. The molecule has 90 valence electrons. The highest BCUT2D eigenvalue weighted by molar-refractivity contribution is 6.32. The fourth-order valence-electron chi connectivity index (χ4n) is 1.50. The predicted octanol–water partition coefficient (Wildman–Crippen LogP) is 3.49. The van der Waals surface area contributed by atoms with Gasteiger partial charge in [0.2, 0.25) is 0 Å². The lowest BCUT2D eigenvalue weighted by Crippen LogP contribution is -1.99. The van der Waals surface area contributed by atoms with E-state index < -0.39 is 0 Å². The molecule has 0 amide bonds. The summed E-state index contributed by atoms with van der Waals surface area (Å²) in [7, 11) is 0. The van der Waals surface area contributed by atoms with Gasteiger partial charge in [-0.2, -0.15) is 5.26 Å². The molecular formula is C14H11ClN2O. The number of hydrogen-bond donors (Lipinski definition) is 0. The van der Waals surface area contributed by atoms with Gasteiger partial charge in [-0.05, 0) is 36.8 Å². The molecule has 0 aliphatic rings. The molecule has 1 heterocycles. The Balaban J connectivity index is 2.09. The number of rotatable bonds is 3. The number of aromatic nitrogens is 1. The highest BCUT2D eigenvalue weighted by atomic mass is 35.5. The van der Waals surface area contributed by atoms with Gasteiger partial charge in [0, 0.05) is 6.20 Å². The van der Waals surface area contributed by atoms with Gasteiger partial charge in [0.25, 0.3) is 0 Å². The molecule has 1 aromatic carbocycles. The molecule has 0 N–H and O–H groups in total. The second kappa shape index (κ2) is 5.52. The van der Waals surface area contributed by atoms with Crippen molar-refractivity contribution in [1.82, 2.24) is 4.98 Å². The standard InChI is InChI=1S/C14H11ClN2O/c1-10-2-3-14(13(15)6-10)18-9-12-7-11(8-16)4-5-17-12/h2-7H,9H2,1H3. The van der Waals surface area contributed by atoms with E-state index in [1.165, 1.54) is 0 Å². The third kappa shape index (κ3) is 2.99. The van der Waals surface area contributed by atoms with E-state index >= 15 is 0 Å². The molecule has 0 spiro atoms. The SMILES string of the molecule is Cc1ccc(OCc2cc(C#N)ccn2)c(Cl)c1.